The normalized spacial score (nSPS) is 11.7. The second kappa shape index (κ2) is 9.32. The molecule has 0 unspecified atom stereocenters. The quantitative estimate of drug-likeness (QED) is 0.308. The van der Waals surface area contributed by atoms with Crippen molar-refractivity contribution < 1.29 is 23.4 Å². The van der Waals surface area contributed by atoms with Gasteiger partial charge >= 0.3 is 0 Å². The van der Waals surface area contributed by atoms with Gasteiger partial charge < -0.3 is 15.5 Å². The van der Waals surface area contributed by atoms with Crippen molar-refractivity contribution in [2.45, 2.75) is 11.8 Å². The van der Waals surface area contributed by atoms with Crippen LogP contribution < -0.4 is 5.32 Å². The number of hydrogen-bond acceptors (Lipinski definition) is 7. The van der Waals surface area contributed by atoms with Gasteiger partial charge in [0.05, 0.1) is 16.2 Å². The van der Waals surface area contributed by atoms with Crippen LogP contribution in [-0.4, -0.2) is 30.3 Å². The van der Waals surface area contributed by atoms with E-state index in [0.717, 1.165) is 0 Å². The fourth-order valence-corrected chi connectivity index (χ4v) is 4.26. The summed E-state index contributed by atoms with van der Waals surface area (Å²) in [6.45, 7) is 1.51. The van der Waals surface area contributed by atoms with E-state index < -0.39 is 21.5 Å². The number of nitrogens with zero attached hydrogens (tertiary/aromatic N) is 2. The Hall–Kier alpha value is -4.24. The first-order chi connectivity index (χ1) is 16.3. The van der Waals surface area contributed by atoms with Crippen LogP contribution >= 0.6 is 0 Å². The number of fused-ring (bicyclic) bond motifs is 1. The molecule has 0 heterocycles. The molecule has 4 rings (SSSR count). The van der Waals surface area contributed by atoms with E-state index in [1.807, 2.05) is 6.07 Å². The van der Waals surface area contributed by atoms with Crippen molar-refractivity contribution in [3.8, 4) is 11.5 Å². The van der Waals surface area contributed by atoms with Gasteiger partial charge in [-0.3, -0.25) is 4.79 Å². The summed E-state index contributed by atoms with van der Waals surface area (Å²) in [5, 5.41) is 33.1. The van der Waals surface area contributed by atoms with E-state index in [1.165, 1.54) is 25.1 Å². The summed E-state index contributed by atoms with van der Waals surface area (Å²) in [5.74, 6) is -1.32. The molecule has 172 valence electrons. The maximum absolute atomic E-state index is 12.9. The predicted molar refractivity (Wildman–Crippen MR) is 130 cm³/mol. The van der Waals surface area contributed by atoms with Crippen molar-refractivity contribution >= 4 is 43.6 Å². The number of rotatable bonds is 6. The molecule has 0 spiro atoms. The summed E-state index contributed by atoms with van der Waals surface area (Å²) < 4.78 is 24.4. The smallest absolute Gasteiger partial charge is 0.259 e. The molecule has 9 heteroatoms. The van der Waals surface area contributed by atoms with E-state index in [4.69, 9.17) is 0 Å². The molecular weight excluding hydrogens is 454 g/mol. The number of carbonyl (C=O) groups excluding carboxylic acids is 1. The van der Waals surface area contributed by atoms with Crippen molar-refractivity contribution in [3.05, 3.63) is 84.4 Å². The summed E-state index contributed by atoms with van der Waals surface area (Å²) in [5.41, 5.74) is 0.474. The maximum atomic E-state index is 12.9. The standard InChI is InChI=1S/C25H21N3O5S/c1-2-34(32,33)18-12-13-22(29)21(15-18)27-28-23-19-11-7-6-8-16(19)14-20(24(23)30)25(31)26-17-9-4-3-5-10-17/h3-15,29-30H,2H2,1H3,(H,26,31). The van der Waals surface area contributed by atoms with Gasteiger partial charge in [0.2, 0.25) is 0 Å². The molecule has 0 fully saturated rings. The second-order valence-electron chi connectivity index (χ2n) is 7.42. The number of benzene rings is 4. The minimum atomic E-state index is -3.53. The number of azo groups is 1. The van der Waals surface area contributed by atoms with E-state index >= 15 is 0 Å². The number of amides is 1. The first-order valence-electron chi connectivity index (χ1n) is 10.4. The summed E-state index contributed by atoms with van der Waals surface area (Å²) in [4.78, 5) is 12.9. The minimum absolute atomic E-state index is 0.00757. The van der Waals surface area contributed by atoms with E-state index in [0.29, 0.717) is 16.5 Å². The van der Waals surface area contributed by atoms with Crippen LogP contribution in [0.15, 0.2) is 94.0 Å². The molecule has 34 heavy (non-hydrogen) atoms. The summed E-state index contributed by atoms with van der Waals surface area (Å²) in [6, 6.07) is 21.1. The molecule has 0 bridgehead atoms. The SMILES string of the molecule is CCS(=O)(=O)c1ccc(O)c(N=Nc2c(O)c(C(=O)Nc3ccccc3)cc3ccccc23)c1. The van der Waals surface area contributed by atoms with Gasteiger partial charge in [-0.1, -0.05) is 49.4 Å². The predicted octanol–water partition coefficient (Wildman–Crippen LogP) is 5.71. The third kappa shape index (κ3) is 4.60. The third-order valence-corrected chi connectivity index (χ3v) is 6.95. The maximum Gasteiger partial charge on any atom is 0.259 e. The Bertz CT molecular complexity index is 1520. The molecule has 3 N–H and O–H groups in total. The molecule has 8 nitrogen and oxygen atoms in total. The van der Waals surface area contributed by atoms with Crippen molar-refractivity contribution in [2.75, 3.05) is 11.1 Å². The molecule has 0 saturated carbocycles. The van der Waals surface area contributed by atoms with Gasteiger partial charge in [0.25, 0.3) is 5.91 Å². The van der Waals surface area contributed by atoms with E-state index in [2.05, 4.69) is 15.5 Å². The topological polar surface area (TPSA) is 128 Å². The van der Waals surface area contributed by atoms with Crippen LogP contribution in [0.1, 0.15) is 17.3 Å². The van der Waals surface area contributed by atoms with E-state index in [-0.39, 0.29) is 33.3 Å². The lowest BCUT2D eigenvalue weighted by molar-refractivity contribution is 0.102. The number of carbonyl (C=O) groups is 1. The van der Waals surface area contributed by atoms with Gasteiger partial charge in [-0.2, -0.15) is 0 Å². The molecule has 0 aliphatic heterocycles. The fraction of sp³-hybridized carbons (Fsp3) is 0.0800. The highest BCUT2D eigenvalue weighted by Gasteiger charge is 2.19. The summed E-state index contributed by atoms with van der Waals surface area (Å²) in [6.07, 6.45) is 0. The van der Waals surface area contributed by atoms with Crippen LogP contribution in [0.3, 0.4) is 0 Å². The minimum Gasteiger partial charge on any atom is -0.506 e. The largest absolute Gasteiger partial charge is 0.506 e. The summed E-state index contributed by atoms with van der Waals surface area (Å²) >= 11 is 0. The first kappa shape index (κ1) is 22.9. The molecule has 4 aromatic carbocycles. The molecule has 0 radical (unpaired) electrons. The zero-order valence-electron chi connectivity index (χ0n) is 18.1. The number of phenolic OH excluding ortho intramolecular Hbond substituents is 2. The number of para-hydroxylation sites is 1. The first-order valence-corrected chi connectivity index (χ1v) is 12.0. The fourth-order valence-electron chi connectivity index (χ4n) is 3.36. The Morgan fingerprint density at radius 2 is 1.62 bits per heavy atom. The molecular formula is C25H21N3O5S. The van der Waals surface area contributed by atoms with Gasteiger partial charge in [-0.15, -0.1) is 10.2 Å². The zero-order valence-corrected chi connectivity index (χ0v) is 19.0. The number of hydrogen-bond donors (Lipinski definition) is 3. The van der Waals surface area contributed by atoms with E-state index in [1.54, 1.807) is 54.6 Å². The Balaban J connectivity index is 1.80. The van der Waals surface area contributed by atoms with Crippen molar-refractivity contribution in [1.29, 1.82) is 0 Å². The van der Waals surface area contributed by atoms with E-state index in [9.17, 15) is 23.4 Å². The van der Waals surface area contributed by atoms with Crippen LogP contribution in [-0.2, 0) is 9.84 Å². The molecule has 0 aliphatic rings. The van der Waals surface area contributed by atoms with Crippen molar-refractivity contribution in [1.82, 2.24) is 0 Å². The van der Waals surface area contributed by atoms with Crippen molar-refractivity contribution in [3.63, 3.8) is 0 Å². The average molecular weight is 476 g/mol. The Morgan fingerprint density at radius 3 is 2.35 bits per heavy atom. The molecule has 1 amide bonds. The lowest BCUT2D eigenvalue weighted by atomic mass is 10.0. The zero-order chi connectivity index (χ0) is 24.3. The average Bonchev–Trinajstić information content (AvgIpc) is 2.84. The molecule has 4 aromatic rings. The van der Waals surface area contributed by atoms with Crippen LogP contribution in [0.4, 0.5) is 17.1 Å². The number of sulfone groups is 1. The molecule has 0 aromatic heterocycles. The molecule has 0 saturated heterocycles. The number of anilines is 1. The van der Waals surface area contributed by atoms with Crippen molar-refractivity contribution in [2.24, 2.45) is 10.2 Å². The Labute approximate surface area is 196 Å². The number of phenols is 2. The van der Waals surface area contributed by atoms with Crippen LogP contribution in [0, 0.1) is 0 Å². The highest BCUT2D eigenvalue weighted by molar-refractivity contribution is 7.91. The second-order valence-corrected chi connectivity index (χ2v) is 9.69. The highest BCUT2D eigenvalue weighted by atomic mass is 32.2. The van der Waals surface area contributed by atoms with Crippen LogP contribution in [0.25, 0.3) is 10.8 Å². The van der Waals surface area contributed by atoms with Gasteiger partial charge in [-0.25, -0.2) is 8.42 Å². The van der Waals surface area contributed by atoms with Gasteiger partial charge in [0.15, 0.2) is 15.6 Å². The lowest BCUT2D eigenvalue weighted by Crippen LogP contribution is -2.12. The number of nitrogens with one attached hydrogen (secondary N) is 1. The molecule has 0 atom stereocenters. The Kier molecular flexibility index (Phi) is 6.29. The summed E-state index contributed by atoms with van der Waals surface area (Å²) in [7, 11) is -3.53. The van der Waals surface area contributed by atoms with Crippen LogP contribution in [0.2, 0.25) is 0 Å². The monoisotopic (exact) mass is 475 g/mol. The van der Waals surface area contributed by atoms with Gasteiger partial charge in [0, 0.05) is 11.1 Å². The number of aromatic hydroxyl groups is 2. The Morgan fingerprint density at radius 1 is 0.912 bits per heavy atom. The van der Waals surface area contributed by atoms with Crippen LogP contribution in [0.5, 0.6) is 11.5 Å². The molecule has 0 aliphatic carbocycles. The lowest BCUT2D eigenvalue weighted by Gasteiger charge is -2.11. The highest BCUT2D eigenvalue weighted by Crippen LogP contribution is 2.40. The van der Waals surface area contributed by atoms with Gasteiger partial charge in [-0.05, 0) is 41.8 Å². The third-order valence-electron chi connectivity index (χ3n) is 5.22. The van der Waals surface area contributed by atoms with Gasteiger partial charge in [0.1, 0.15) is 17.1 Å².